The van der Waals surface area contributed by atoms with Crippen LogP contribution in [0.15, 0.2) is 42.5 Å². The van der Waals surface area contributed by atoms with Gasteiger partial charge in [-0.15, -0.1) is 0 Å². The molecule has 1 saturated heterocycles. The molecule has 1 atom stereocenters. The summed E-state index contributed by atoms with van der Waals surface area (Å²) < 4.78 is 0. The molecule has 5 heteroatoms. The highest BCUT2D eigenvalue weighted by Gasteiger charge is 2.25. The van der Waals surface area contributed by atoms with Crippen LogP contribution in [0.2, 0.25) is 0 Å². The summed E-state index contributed by atoms with van der Waals surface area (Å²) in [5.74, 6) is -0.110. The molecular formula is C20H22N2O3. The molecule has 2 aromatic rings. The molecule has 0 unspecified atom stereocenters. The van der Waals surface area contributed by atoms with Gasteiger partial charge in [0.1, 0.15) is 11.8 Å². The first-order valence-corrected chi connectivity index (χ1v) is 8.61. The molecule has 1 N–H and O–H groups in total. The number of amides is 2. The van der Waals surface area contributed by atoms with Gasteiger partial charge in [0.05, 0.1) is 6.42 Å². The van der Waals surface area contributed by atoms with Gasteiger partial charge in [-0.3, -0.25) is 14.4 Å². The number of likely N-dealkylation sites (tertiary alicyclic amines) is 1. The Labute approximate surface area is 147 Å². The van der Waals surface area contributed by atoms with E-state index >= 15 is 0 Å². The van der Waals surface area contributed by atoms with Gasteiger partial charge in [0.25, 0.3) is 0 Å². The number of ketones is 1. The summed E-state index contributed by atoms with van der Waals surface area (Å²) in [6, 6.07) is 13.2. The smallest absolute Gasteiger partial charge is 0.244 e. The maximum absolute atomic E-state index is 12.4. The van der Waals surface area contributed by atoms with Crippen LogP contribution in [-0.4, -0.2) is 41.6 Å². The molecule has 0 bridgehead atoms. The van der Waals surface area contributed by atoms with Gasteiger partial charge in [-0.25, -0.2) is 0 Å². The SMILES string of the molecule is C[C@@H](NC(=O)Cc1cccc2ccccc12)C(=O)N1CCC(=O)CC1. The van der Waals surface area contributed by atoms with Gasteiger partial charge in [0.15, 0.2) is 0 Å². The van der Waals surface area contributed by atoms with Crippen molar-refractivity contribution in [3.05, 3.63) is 48.0 Å². The molecule has 1 fully saturated rings. The Kier molecular flexibility index (Phi) is 5.12. The maximum Gasteiger partial charge on any atom is 0.244 e. The minimum Gasteiger partial charge on any atom is -0.344 e. The van der Waals surface area contributed by atoms with Crippen molar-refractivity contribution in [2.24, 2.45) is 0 Å². The zero-order chi connectivity index (χ0) is 17.8. The Morgan fingerprint density at radius 2 is 1.76 bits per heavy atom. The van der Waals surface area contributed by atoms with Crippen LogP contribution in [0.4, 0.5) is 0 Å². The largest absolute Gasteiger partial charge is 0.344 e. The molecule has 1 aliphatic rings. The van der Waals surface area contributed by atoms with Crippen LogP contribution in [0.1, 0.15) is 25.3 Å². The Bertz CT molecular complexity index is 800. The Morgan fingerprint density at radius 3 is 2.52 bits per heavy atom. The van der Waals surface area contributed by atoms with E-state index in [1.54, 1.807) is 11.8 Å². The minimum atomic E-state index is -0.587. The first kappa shape index (κ1) is 17.1. The zero-order valence-electron chi connectivity index (χ0n) is 14.3. The monoisotopic (exact) mass is 338 g/mol. The van der Waals surface area contributed by atoms with Gasteiger partial charge in [-0.05, 0) is 23.3 Å². The van der Waals surface area contributed by atoms with Crippen LogP contribution in [0.25, 0.3) is 10.8 Å². The number of carbonyl (C=O) groups is 3. The average molecular weight is 338 g/mol. The van der Waals surface area contributed by atoms with Gasteiger partial charge in [0.2, 0.25) is 11.8 Å². The third kappa shape index (κ3) is 4.05. The van der Waals surface area contributed by atoms with E-state index in [1.165, 1.54) is 0 Å². The molecule has 2 amide bonds. The number of nitrogens with zero attached hydrogens (tertiary/aromatic N) is 1. The molecule has 5 nitrogen and oxygen atoms in total. The molecule has 3 rings (SSSR count). The predicted octanol–water partition coefficient (Wildman–Crippen LogP) is 2.08. The highest BCUT2D eigenvalue weighted by atomic mass is 16.2. The fourth-order valence-electron chi connectivity index (χ4n) is 3.22. The third-order valence-corrected chi connectivity index (χ3v) is 4.61. The summed E-state index contributed by atoms with van der Waals surface area (Å²) in [4.78, 5) is 37.7. The second-order valence-corrected chi connectivity index (χ2v) is 6.47. The first-order chi connectivity index (χ1) is 12.0. The van der Waals surface area contributed by atoms with Gasteiger partial charge in [-0.1, -0.05) is 42.5 Å². The van der Waals surface area contributed by atoms with Crippen molar-refractivity contribution in [1.29, 1.82) is 0 Å². The summed E-state index contributed by atoms with van der Waals surface area (Å²) in [5, 5.41) is 4.93. The molecule has 130 valence electrons. The fourth-order valence-corrected chi connectivity index (χ4v) is 3.22. The maximum atomic E-state index is 12.4. The lowest BCUT2D eigenvalue weighted by Gasteiger charge is -2.28. The van der Waals surface area contributed by atoms with Crippen molar-refractivity contribution in [2.45, 2.75) is 32.2 Å². The lowest BCUT2D eigenvalue weighted by molar-refractivity contribution is -0.138. The van der Waals surface area contributed by atoms with E-state index in [9.17, 15) is 14.4 Å². The van der Waals surface area contributed by atoms with Crippen molar-refractivity contribution in [3.8, 4) is 0 Å². The topological polar surface area (TPSA) is 66.5 Å². The molecule has 0 radical (unpaired) electrons. The van der Waals surface area contributed by atoms with E-state index in [2.05, 4.69) is 5.32 Å². The summed E-state index contributed by atoms with van der Waals surface area (Å²) in [7, 11) is 0. The van der Waals surface area contributed by atoms with Gasteiger partial charge < -0.3 is 10.2 Å². The van der Waals surface area contributed by atoms with E-state index in [-0.39, 0.29) is 24.0 Å². The summed E-state index contributed by atoms with van der Waals surface area (Å²) >= 11 is 0. The second-order valence-electron chi connectivity index (χ2n) is 6.47. The lowest BCUT2D eigenvalue weighted by atomic mass is 10.0. The summed E-state index contributed by atoms with van der Waals surface area (Å²) in [6.45, 7) is 2.59. The van der Waals surface area contributed by atoms with Crippen molar-refractivity contribution < 1.29 is 14.4 Å². The molecular weight excluding hydrogens is 316 g/mol. The molecule has 2 aromatic carbocycles. The number of carbonyl (C=O) groups excluding carboxylic acids is 3. The molecule has 0 spiro atoms. The van der Waals surface area contributed by atoms with Gasteiger partial charge in [-0.2, -0.15) is 0 Å². The number of Topliss-reactive ketones (excluding diaryl/α,β-unsaturated/α-hetero) is 1. The highest BCUT2D eigenvalue weighted by molar-refractivity contribution is 5.93. The zero-order valence-corrected chi connectivity index (χ0v) is 14.3. The van der Waals surface area contributed by atoms with Gasteiger partial charge in [0, 0.05) is 25.9 Å². The van der Waals surface area contributed by atoms with Crippen molar-refractivity contribution in [3.63, 3.8) is 0 Å². The van der Waals surface area contributed by atoms with Crippen molar-refractivity contribution in [1.82, 2.24) is 10.2 Å². The quantitative estimate of drug-likeness (QED) is 0.928. The van der Waals surface area contributed by atoms with Gasteiger partial charge >= 0.3 is 0 Å². The van der Waals surface area contributed by atoms with E-state index in [0.29, 0.717) is 25.9 Å². The molecule has 0 aromatic heterocycles. The molecule has 25 heavy (non-hydrogen) atoms. The standard InChI is InChI=1S/C20H22N2O3/c1-14(20(25)22-11-9-17(23)10-12-22)21-19(24)13-16-7-4-6-15-5-2-3-8-18(15)16/h2-8,14H,9-13H2,1H3,(H,21,24)/t14-/m1/s1. The van der Waals surface area contributed by atoms with Crippen LogP contribution in [0.5, 0.6) is 0 Å². The molecule has 1 aliphatic heterocycles. The van der Waals surface area contributed by atoms with Crippen LogP contribution < -0.4 is 5.32 Å². The van der Waals surface area contributed by atoms with Crippen LogP contribution in [-0.2, 0) is 20.8 Å². The second kappa shape index (κ2) is 7.47. The normalized spacial score (nSPS) is 15.9. The number of hydrogen-bond acceptors (Lipinski definition) is 3. The Hall–Kier alpha value is -2.69. The summed E-state index contributed by atoms with van der Waals surface area (Å²) in [6.07, 6.45) is 1.04. The molecule has 0 saturated carbocycles. The predicted molar refractivity (Wildman–Crippen MR) is 96.1 cm³/mol. The number of benzene rings is 2. The van der Waals surface area contributed by atoms with Crippen molar-refractivity contribution >= 4 is 28.4 Å². The van der Waals surface area contributed by atoms with Crippen LogP contribution in [0, 0.1) is 0 Å². The van der Waals surface area contributed by atoms with Crippen LogP contribution >= 0.6 is 0 Å². The number of piperidine rings is 1. The fraction of sp³-hybridized carbons (Fsp3) is 0.350. The van der Waals surface area contributed by atoms with E-state index < -0.39 is 6.04 Å². The Balaban J connectivity index is 1.61. The third-order valence-electron chi connectivity index (χ3n) is 4.61. The van der Waals surface area contributed by atoms with Crippen LogP contribution in [0.3, 0.4) is 0 Å². The molecule has 1 heterocycles. The Morgan fingerprint density at radius 1 is 1.08 bits per heavy atom. The average Bonchev–Trinajstić information content (AvgIpc) is 2.62. The highest BCUT2D eigenvalue weighted by Crippen LogP contribution is 2.19. The number of nitrogens with one attached hydrogen (secondary N) is 1. The number of fused-ring (bicyclic) bond motifs is 1. The molecule has 0 aliphatic carbocycles. The van der Waals surface area contributed by atoms with E-state index in [1.807, 2.05) is 42.5 Å². The summed E-state index contributed by atoms with van der Waals surface area (Å²) in [5.41, 5.74) is 0.943. The lowest BCUT2D eigenvalue weighted by Crippen LogP contribution is -2.49. The van der Waals surface area contributed by atoms with E-state index in [4.69, 9.17) is 0 Å². The van der Waals surface area contributed by atoms with E-state index in [0.717, 1.165) is 16.3 Å². The number of rotatable bonds is 4. The first-order valence-electron chi connectivity index (χ1n) is 8.61. The van der Waals surface area contributed by atoms with Crippen molar-refractivity contribution in [2.75, 3.05) is 13.1 Å². The minimum absolute atomic E-state index is 0.126. The number of hydrogen-bond donors (Lipinski definition) is 1.